The Morgan fingerprint density at radius 2 is 1.73 bits per heavy atom. The first-order valence-corrected chi connectivity index (χ1v) is 5.32. The van der Waals surface area contributed by atoms with Gasteiger partial charge in [0.1, 0.15) is 0 Å². The molecule has 0 amide bonds. The second-order valence-corrected chi connectivity index (χ2v) is 3.42. The van der Waals surface area contributed by atoms with Gasteiger partial charge in [-0.15, -0.1) is 0 Å². The van der Waals surface area contributed by atoms with Crippen LogP contribution in [0.2, 0.25) is 0 Å². The standard InChI is InChI=1S/C12H15N3/c1-3-10-5-6-11(4-2)15(10)12-9-13-7-8-14-12/h5-9H,3-4H2,1-2H3. The fraction of sp³-hybridized carbons (Fsp3) is 0.333. The second-order valence-electron chi connectivity index (χ2n) is 3.42. The molecule has 0 saturated heterocycles. The highest BCUT2D eigenvalue weighted by molar-refractivity contribution is 5.30. The molecule has 0 spiro atoms. The lowest BCUT2D eigenvalue weighted by atomic mass is 10.3. The van der Waals surface area contributed by atoms with Crippen LogP contribution in [0.15, 0.2) is 30.7 Å². The third-order valence-electron chi connectivity index (χ3n) is 2.55. The molecule has 0 aromatic carbocycles. The maximum Gasteiger partial charge on any atom is 0.155 e. The summed E-state index contributed by atoms with van der Waals surface area (Å²) in [5.74, 6) is 0.913. The monoisotopic (exact) mass is 201 g/mol. The minimum atomic E-state index is 0.913. The minimum Gasteiger partial charge on any atom is -0.301 e. The van der Waals surface area contributed by atoms with Crippen molar-refractivity contribution in [3.05, 3.63) is 42.1 Å². The van der Waals surface area contributed by atoms with Gasteiger partial charge in [0.25, 0.3) is 0 Å². The van der Waals surface area contributed by atoms with Crippen LogP contribution in [0.25, 0.3) is 5.82 Å². The van der Waals surface area contributed by atoms with Gasteiger partial charge >= 0.3 is 0 Å². The quantitative estimate of drug-likeness (QED) is 0.763. The van der Waals surface area contributed by atoms with E-state index in [2.05, 4.69) is 40.5 Å². The highest BCUT2D eigenvalue weighted by Crippen LogP contribution is 2.15. The van der Waals surface area contributed by atoms with Crippen LogP contribution < -0.4 is 0 Å². The second kappa shape index (κ2) is 4.26. The Morgan fingerprint density at radius 1 is 1.07 bits per heavy atom. The van der Waals surface area contributed by atoms with E-state index < -0.39 is 0 Å². The van der Waals surface area contributed by atoms with Crippen molar-refractivity contribution in [2.45, 2.75) is 26.7 Å². The molecule has 15 heavy (non-hydrogen) atoms. The summed E-state index contributed by atoms with van der Waals surface area (Å²) in [6.07, 6.45) is 7.25. The highest BCUT2D eigenvalue weighted by Gasteiger charge is 2.07. The van der Waals surface area contributed by atoms with Crippen LogP contribution in [0, 0.1) is 0 Å². The van der Waals surface area contributed by atoms with Crippen molar-refractivity contribution < 1.29 is 0 Å². The van der Waals surface area contributed by atoms with Gasteiger partial charge in [-0.1, -0.05) is 13.8 Å². The lowest BCUT2D eigenvalue weighted by Gasteiger charge is -2.09. The molecule has 0 radical (unpaired) electrons. The number of aryl methyl sites for hydroxylation is 2. The molecule has 3 nitrogen and oxygen atoms in total. The number of hydrogen-bond acceptors (Lipinski definition) is 2. The third-order valence-corrected chi connectivity index (χ3v) is 2.55. The van der Waals surface area contributed by atoms with Crippen molar-refractivity contribution in [3.8, 4) is 5.82 Å². The fourth-order valence-corrected chi connectivity index (χ4v) is 1.78. The summed E-state index contributed by atoms with van der Waals surface area (Å²) in [5, 5.41) is 0. The van der Waals surface area contributed by atoms with Crippen molar-refractivity contribution in [2.24, 2.45) is 0 Å². The number of aromatic nitrogens is 3. The largest absolute Gasteiger partial charge is 0.301 e. The van der Waals surface area contributed by atoms with Gasteiger partial charge in [-0.2, -0.15) is 0 Å². The zero-order chi connectivity index (χ0) is 10.7. The summed E-state index contributed by atoms with van der Waals surface area (Å²) in [6, 6.07) is 4.32. The Morgan fingerprint density at radius 3 is 2.20 bits per heavy atom. The number of hydrogen-bond donors (Lipinski definition) is 0. The molecule has 0 N–H and O–H groups in total. The predicted molar refractivity (Wildman–Crippen MR) is 60.1 cm³/mol. The molecule has 0 saturated carbocycles. The molecule has 0 aliphatic carbocycles. The van der Waals surface area contributed by atoms with Gasteiger partial charge in [0, 0.05) is 23.8 Å². The van der Waals surface area contributed by atoms with E-state index in [-0.39, 0.29) is 0 Å². The van der Waals surface area contributed by atoms with E-state index in [1.54, 1.807) is 18.6 Å². The molecule has 0 atom stereocenters. The summed E-state index contributed by atoms with van der Waals surface area (Å²) < 4.78 is 2.19. The number of nitrogens with zero attached hydrogens (tertiary/aromatic N) is 3. The molecule has 0 unspecified atom stereocenters. The molecule has 0 aliphatic heterocycles. The van der Waals surface area contributed by atoms with Crippen LogP contribution in [0.1, 0.15) is 25.2 Å². The van der Waals surface area contributed by atoms with Gasteiger partial charge in [0.05, 0.1) is 6.20 Å². The lowest BCUT2D eigenvalue weighted by Crippen LogP contribution is -2.05. The van der Waals surface area contributed by atoms with E-state index >= 15 is 0 Å². The highest BCUT2D eigenvalue weighted by atomic mass is 15.1. The van der Waals surface area contributed by atoms with Crippen LogP contribution in [-0.2, 0) is 12.8 Å². The maximum atomic E-state index is 4.34. The molecule has 0 fully saturated rings. The summed E-state index contributed by atoms with van der Waals surface area (Å²) in [5.41, 5.74) is 2.57. The zero-order valence-electron chi connectivity index (χ0n) is 9.14. The molecule has 78 valence electrons. The van der Waals surface area contributed by atoms with Crippen molar-refractivity contribution >= 4 is 0 Å². The summed E-state index contributed by atoms with van der Waals surface area (Å²) >= 11 is 0. The lowest BCUT2D eigenvalue weighted by molar-refractivity contribution is 0.837. The van der Waals surface area contributed by atoms with Gasteiger partial charge in [0.15, 0.2) is 5.82 Å². The first-order valence-electron chi connectivity index (χ1n) is 5.32. The van der Waals surface area contributed by atoms with E-state index in [1.165, 1.54) is 11.4 Å². The Balaban J connectivity index is 2.55. The van der Waals surface area contributed by atoms with Crippen molar-refractivity contribution in [2.75, 3.05) is 0 Å². The van der Waals surface area contributed by atoms with Gasteiger partial charge in [-0.25, -0.2) is 4.98 Å². The van der Waals surface area contributed by atoms with Crippen LogP contribution in [0.3, 0.4) is 0 Å². The summed E-state index contributed by atoms with van der Waals surface area (Å²) in [7, 11) is 0. The molecular weight excluding hydrogens is 186 g/mol. The third kappa shape index (κ3) is 1.77. The normalized spacial score (nSPS) is 10.5. The van der Waals surface area contributed by atoms with Gasteiger partial charge < -0.3 is 4.57 Å². The molecule has 0 aliphatic rings. The van der Waals surface area contributed by atoms with Crippen molar-refractivity contribution in [1.82, 2.24) is 14.5 Å². The Hall–Kier alpha value is -1.64. The van der Waals surface area contributed by atoms with Gasteiger partial charge in [-0.3, -0.25) is 4.98 Å². The number of rotatable bonds is 3. The van der Waals surface area contributed by atoms with Crippen LogP contribution in [-0.4, -0.2) is 14.5 Å². The van der Waals surface area contributed by atoms with E-state index in [1.807, 2.05) is 0 Å². The molecule has 2 aromatic rings. The molecule has 2 rings (SSSR count). The van der Waals surface area contributed by atoms with Crippen molar-refractivity contribution in [1.29, 1.82) is 0 Å². The van der Waals surface area contributed by atoms with E-state index in [0.717, 1.165) is 18.7 Å². The minimum absolute atomic E-state index is 0.913. The molecular formula is C12H15N3. The molecule has 2 heterocycles. The Bertz CT molecular complexity index is 410. The van der Waals surface area contributed by atoms with Crippen LogP contribution in [0.4, 0.5) is 0 Å². The van der Waals surface area contributed by atoms with Crippen molar-refractivity contribution in [3.63, 3.8) is 0 Å². The SMILES string of the molecule is CCc1ccc(CC)n1-c1cnccn1. The van der Waals surface area contributed by atoms with E-state index in [9.17, 15) is 0 Å². The molecule has 2 aromatic heterocycles. The molecule has 0 bridgehead atoms. The van der Waals surface area contributed by atoms with Crippen LogP contribution >= 0.6 is 0 Å². The Labute approximate surface area is 89.8 Å². The van der Waals surface area contributed by atoms with Gasteiger partial charge in [-0.05, 0) is 25.0 Å². The average molecular weight is 201 g/mol. The first-order chi connectivity index (χ1) is 7.36. The Kier molecular flexibility index (Phi) is 2.81. The van der Waals surface area contributed by atoms with E-state index in [0.29, 0.717) is 0 Å². The maximum absolute atomic E-state index is 4.34. The van der Waals surface area contributed by atoms with Gasteiger partial charge in [0.2, 0.25) is 0 Å². The first kappa shape index (κ1) is 9.90. The average Bonchev–Trinajstić information content (AvgIpc) is 2.72. The zero-order valence-corrected chi connectivity index (χ0v) is 9.14. The fourth-order valence-electron chi connectivity index (χ4n) is 1.78. The smallest absolute Gasteiger partial charge is 0.155 e. The molecule has 3 heteroatoms. The van der Waals surface area contributed by atoms with E-state index in [4.69, 9.17) is 0 Å². The summed E-state index contributed by atoms with van der Waals surface area (Å²) in [4.78, 5) is 8.45. The summed E-state index contributed by atoms with van der Waals surface area (Å²) in [6.45, 7) is 4.31. The topological polar surface area (TPSA) is 30.7 Å². The van der Waals surface area contributed by atoms with Crippen LogP contribution in [0.5, 0.6) is 0 Å². The predicted octanol–water partition coefficient (Wildman–Crippen LogP) is 2.39.